The first kappa shape index (κ1) is 17.9. The van der Waals surface area contributed by atoms with Crippen LogP contribution in [0.1, 0.15) is 24.4 Å². The molecular formula is C16H17BrN2O5. The van der Waals surface area contributed by atoms with Gasteiger partial charge in [0.2, 0.25) is 0 Å². The third-order valence-corrected chi connectivity index (χ3v) is 3.34. The Morgan fingerprint density at radius 2 is 1.79 bits per heavy atom. The quantitative estimate of drug-likeness (QED) is 0.732. The monoisotopic (exact) mass is 396 g/mol. The van der Waals surface area contributed by atoms with Crippen LogP contribution in [0.5, 0.6) is 11.5 Å². The molecule has 128 valence electrons. The Labute approximate surface area is 147 Å². The van der Waals surface area contributed by atoms with Crippen molar-refractivity contribution in [2.24, 2.45) is 0 Å². The van der Waals surface area contributed by atoms with Crippen LogP contribution < -0.4 is 20.3 Å². The molecule has 2 rings (SSSR count). The predicted molar refractivity (Wildman–Crippen MR) is 89.7 cm³/mol. The fraction of sp³-hybridized carbons (Fsp3) is 0.250. The van der Waals surface area contributed by atoms with Crippen LogP contribution in [-0.2, 0) is 4.79 Å². The number of rotatable bonds is 6. The zero-order chi connectivity index (χ0) is 17.5. The Bertz CT molecular complexity index is 699. The maximum atomic E-state index is 11.9. The molecule has 0 saturated heterocycles. The summed E-state index contributed by atoms with van der Waals surface area (Å²) in [5.74, 6) is 0.244. The van der Waals surface area contributed by atoms with Gasteiger partial charge in [0.1, 0.15) is 11.5 Å². The van der Waals surface area contributed by atoms with Crippen LogP contribution in [-0.4, -0.2) is 24.5 Å². The van der Waals surface area contributed by atoms with Crippen LogP contribution in [0, 0.1) is 0 Å². The Kier molecular flexibility index (Phi) is 6.25. The molecule has 7 nitrogen and oxygen atoms in total. The number of carbonyl (C=O) groups excluding carboxylic acids is 2. The van der Waals surface area contributed by atoms with E-state index in [0.29, 0.717) is 17.0 Å². The third kappa shape index (κ3) is 5.02. The van der Waals surface area contributed by atoms with Gasteiger partial charge in [-0.05, 0) is 66.2 Å². The van der Waals surface area contributed by atoms with Gasteiger partial charge in [-0.3, -0.25) is 20.4 Å². The lowest BCUT2D eigenvalue weighted by atomic mass is 10.3. The first-order valence-corrected chi connectivity index (χ1v) is 8.04. The van der Waals surface area contributed by atoms with Crippen LogP contribution >= 0.6 is 15.9 Å². The topological polar surface area (TPSA) is 89.8 Å². The molecule has 0 aliphatic carbocycles. The lowest BCUT2D eigenvalue weighted by Crippen LogP contribution is -2.47. The first-order chi connectivity index (χ1) is 11.5. The minimum absolute atomic E-state index is 0.0715. The Balaban J connectivity index is 1.82. The van der Waals surface area contributed by atoms with E-state index < -0.39 is 17.9 Å². The summed E-state index contributed by atoms with van der Waals surface area (Å²) in [5.41, 5.74) is 4.53. The van der Waals surface area contributed by atoms with Gasteiger partial charge in [-0.15, -0.1) is 0 Å². The summed E-state index contributed by atoms with van der Waals surface area (Å²) in [6, 6.07) is 9.96. The van der Waals surface area contributed by atoms with Gasteiger partial charge in [-0.1, -0.05) is 0 Å². The molecule has 0 spiro atoms. The predicted octanol–water partition coefficient (Wildman–Crippen LogP) is 2.67. The average molecular weight is 397 g/mol. The van der Waals surface area contributed by atoms with Crippen molar-refractivity contribution in [3.63, 3.8) is 0 Å². The van der Waals surface area contributed by atoms with E-state index in [1.807, 2.05) is 6.92 Å². The van der Waals surface area contributed by atoms with Gasteiger partial charge in [0.25, 0.3) is 5.91 Å². The van der Waals surface area contributed by atoms with Crippen LogP contribution in [0.4, 0.5) is 0 Å². The largest absolute Gasteiger partial charge is 0.494 e. The minimum atomic E-state index is -0.799. The fourth-order valence-corrected chi connectivity index (χ4v) is 2.06. The highest BCUT2D eigenvalue weighted by atomic mass is 79.9. The van der Waals surface area contributed by atoms with E-state index in [-0.39, 0.29) is 5.76 Å². The van der Waals surface area contributed by atoms with Crippen LogP contribution in [0.15, 0.2) is 45.5 Å². The summed E-state index contributed by atoms with van der Waals surface area (Å²) >= 11 is 3.09. The zero-order valence-corrected chi connectivity index (χ0v) is 14.8. The summed E-state index contributed by atoms with van der Waals surface area (Å²) < 4.78 is 16.3. The summed E-state index contributed by atoms with van der Waals surface area (Å²) in [7, 11) is 0. The second kappa shape index (κ2) is 8.39. The number of furan rings is 1. The molecule has 0 aliphatic rings. The molecule has 2 amide bonds. The molecule has 1 unspecified atom stereocenters. The van der Waals surface area contributed by atoms with Gasteiger partial charge in [0, 0.05) is 0 Å². The van der Waals surface area contributed by atoms with Crippen molar-refractivity contribution in [3.8, 4) is 11.5 Å². The van der Waals surface area contributed by atoms with Crippen molar-refractivity contribution >= 4 is 27.7 Å². The van der Waals surface area contributed by atoms with Gasteiger partial charge in [0.15, 0.2) is 16.5 Å². The van der Waals surface area contributed by atoms with Crippen molar-refractivity contribution in [3.05, 3.63) is 46.8 Å². The van der Waals surface area contributed by atoms with E-state index in [2.05, 4.69) is 26.8 Å². The minimum Gasteiger partial charge on any atom is -0.494 e. The number of hydrogen-bond donors (Lipinski definition) is 2. The molecule has 0 saturated carbocycles. The molecule has 0 bridgehead atoms. The van der Waals surface area contributed by atoms with E-state index >= 15 is 0 Å². The Hall–Kier alpha value is -2.48. The van der Waals surface area contributed by atoms with Crippen LogP contribution in [0.2, 0.25) is 0 Å². The molecule has 1 aromatic carbocycles. The van der Waals surface area contributed by atoms with Crippen LogP contribution in [0.3, 0.4) is 0 Å². The zero-order valence-electron chi connectivity index (χ0n) is 13.2. The molecule has 2 N–H and O–H groups in total. The van der Waals surface area contributed by atoms with Gasteiger partial charge in [-0.25, -0.2) is 0 Å². The van der Waals surface area contributed by atoms with Gasteiger partial charge >= 0.3 is 5.91 Å². The Morgan fingerprint density at radius 1 is 1.12 bits per heavy atom. The fourth-order valence-electron chi connectivity index (χ4n) is 1.76. The van der Waals surface area contributed by atoms with Gasteiger partial charge in [-0.2, -0.15) is 0 Å². The van der Waals surface area contributed by atoms with Crippen molar-refractivity contribution in [2.75, 3.05) is 6.61 Å². The van der Waals surface area contributed by atoms with Crippen molar-refractivity contribution in [1.82, 2.24) is 10.9 Å². The normalized spacial score (nSPS) is 11.5. The Morgan fingerprint density at radius 3 is 2.38 bits per heavy atom. The number of halogens is 1. The summed E-state index contributed by atoms with van der Waals surface area (Å²) in [4.78, 5) is 23.7. The molecule has 1 aromatic heterocycles. The summed E-state index contributed by atoms with van der Waals surface area (Å²) in [6.07, 6.45) is -0.799. The SMILES string of the molecule is CCOc1ccc(OC(C)C(=O)NNC(=O)c2ccc(Br)o2)cc1. The van der Waals surface area contributed by atoms with Gasteiger partial charge < -0.3 is 13.9 Å². The highest BCUT2D eigenvalue weighted by Gasteiger charge is 2.17. The number of nitrogens with one attached hydrogen (secondary N) is 2. The van der Waals surface area contributed by atoms with Crippen molar-refractivity contribution in [2.45, 2.75) is 20.0 Å². The smallest absolute Gasteiger partial charge is 0.305 e. The molecular weight excluding hydrogens is 380 g/mol. The molecule has 0 fully saturated rings. The average Bonchev–Trinajstić information content (AvgIpc) is 3.01. The van der Waals surface area contributed by atoms with E-state index in [0.717, 1.165) is 5.75 Å². The van der Waals surface area contributed by atoms with E-state index in [4.69, 9.17) is 13.9 Å². The molecule has 1 atom stereocenters. The standard InChI is InChI=1S/C16H17BrN2O5/c1-3-22-11-4-6-12(7-5-11)23-10(2)15(20)18-19-16(21)13-8-9-14(17)24-13/h4-10H,3H2,1-2H3,(H,18,20)(H,19,21). The first-order valence-electron chi connectivity index (χ1n) is 7.24. The molecule has 24 heavy (non-hydrogen) atoms. The molecule has 0 aliphatic heterocycles. The number of ether oxygens (including phenoxy) is 2. The highest BCUT2D eigenvalue weighted by Crippen LogP contribution is 2.18. The third-order valence-electron chi connectivity index (χ3n) is 2.91. The second-order valence-corrected chi connectivity index (χ2v) is 5.49. The van der Waals surface area contributed by atoms with Crippen molar-refractivity contribution < 1.29 is 23.5 Å². The van der Waals surface area contributed by atoms with E-state index in [9.17, 15) is 9.59 Å². The van der Waals surface area contributed by atoms with E-state index in [1.165, 1.54) is 6.07 Å². The lowest BCUT2D eigenvalue weighted by Gasteiger charge is -2.15. The van der Waals surface area contributed by atoms with Gasteiger partial charge in [0.05, 0.1) is 6.61 Å². The molecule has 1 heterocycles. The number of carbonyl (C=O) groups is 2. The highest BCUT2D eigenvalue weighted by molar-refractivity contribution is 9.10. The number of amides is 2. The lowest BCUT2D eigenvalue weighted by molar-refractivity contribution is -0.128. The van der Waals surface area contributed by atoms with Crippen LogP contribution in [0.25, 0.3) is 0 Å². The second-order valence-electron chi connectivity index (χ2n) is 4.71. The summed E-state index contributed by atoms with van der Waals surface area (Å²) in [5, 5.41) is 0. The van der Waals surface area contributed by atoms with Crippen molar-refractivity contribution in [1.29, 1.82) is 0 Å². The van der Waals surface area contributed by atoms with E-state index in [1.54, 1.807) is 37.3 Å². The molecule has 2 aromatic rings. The maximum Gasteiger partial charge on any atom is 0.305 e. The molecule has 8 heteroatoms. The number of benzene rings is 1. The molecule has 0 radical (unpaired) electrons. The number of hydrazine groups is 1. The summed E-state index contributed by atoms with van der Waals surface area (Å²) in [6.45, 7) is 4.04. The maximum absolute atomic E-state index is 11.9. The number of hydrogen-bond acceptors (Lipinski definition) is 5.